The Morgan fingerprint density at radius 2 is 1.85 bits per heavy atom. The molecule has 2 aromatic carbocycles. The maximum Gasteiger partial charge on any atom is 0.426 e. The van der Waals surface area contributed by atoms with Crippen molar-refractivity contribution in [3.8, 4) is 17.2 Å². The van der Waals surface area contributed by atoms with Gasteiger partial charge < -0.3 is 9.90 Å². The zero-order valence-corrected chi connectivity index (χ0v) is 20.0. The number of hydrogen-bond donors (Lipinski definition) is 0. The van der Waals surface area contributed by atoms with Crippen molar-refractivity contribution in [2.75, 3.05) is 0 Å². The van der Waals surface area contributed by atoms with E-state index in [1.165, 1.54) is 0 Å². The normalized spacial score (nSPS) is 22.6. The highest BCUT2D eigenvalue weighted by Crippen LogP contribution is 2.73. The van der Waals surface area contributed by atoms with Crippen LogP contribution in [-0.4, -0.2) is 12.1 Å². The van der Waals surface area contributed by atoms with Gasteiger partial charge in [-0.25, -0.2) is 0 Å². The lowest BCUT2D eigenvalue weighted by molar-refractivity contribution is -0.309. The number of alkyl halides is 3. The van der Waals surface area contributed by atoms with Gasteiger partial charge in [0.2, 0.25) is 0 Å². The lowest BCUT2D eigenvalue weighted by atomic mass is 9.80. The number of rotatable bonds is 8. The molecule has 3 nitrogen and oxygen atoms in total. The largest absolute Gasteiger partial charge is 0.549 e. The fourth-order valence-corrected chi connectivity index (χ4v) is 5.41. The minimum Gasteiger partial charge on any atom is -0.549 e. The molecule has 180 valence electrons. The molecule has 3 unspecified atom stereocenters. The number of carbonyl (C=O) groups is 1. The highest BCUT2D eigenvalue weighted by molar-refractivity contribution is 6.30. The van der Waals surface area contributed by atoms with Gasteiger partial charge in [0.1, 0.15) is 5.03 Å². The molecule has 1 fully saturated rings. The lowest BCUT2D eigenvalue weighted by Gasteiger charge is -2.24. The molecule has 1 saturated carbocycles. The Kier molecular flexibility index (Phi) is 7.19. The molecule has 0 saturated heterocycles. The quantitative estimate of drug-likeness (QED) is 0.444. The molecule has 1 aliphatic rings. The van der Waals surface area contributed by atoms with E-state index in [0.717, 1.165) is 28.3 Å². The Balaban J connectivity index is 2.03. The summed E-state index contributed by atoms with van der Waals surface area (Å²) in [6, 6.07) is 17.4. The average molecular weight is 489 g/mol. The molecule has 0 aromatic heterocycles. The number of hydrogen-bond acceptors (Lipinski definition) is 3. The van der Waals surface area contributed by atoms with Gasteiger partial charge in [0, 0.05) is 0 Å². The first kappa shape index (κ1) is 25.8. The van der Waals surface area contributed by atoms with Crippen molar-refractivity contribution in [1.29, 1.82) is 5.26 Å². The fraction of sp³-hybridized carbons (Fsp3) is 0.407. The third-order valence-corrected chi connectivity index (χ3v) is 7.85. The van der Waals surface area contributed by atoms with E-state index in [-0.39, 0.29) is 12.8 Å². The van der Waals surface area contributed by atoms with E-state index in [4.69, 9.17) is 11.6 Å². The molecule has 34 heavy (non-hydrogen) atoms. The van der Waals surface area contributed by atoms with Crippen molar-refractivity contribution in [3.63, 3.8) is 0 Å². The van der Waals surface area contributed by atoms with Crippen LogP contribution >= 0.6 is 11.6 Å². The van der Waals surface area contributed by atoms with Gasteiger partial charge >= 0.3 is 6.18 Å². The number of benzene rings is 2. The van der Waals surface area contributed by atoms with Crippen LogP contribution in [0.2, 0.25) is 0 Å². The summed E-state index contributed by atoms with van der Waals surface area (Å²) in [6.07, 6.45) is -2.92. The smallest absolute Gasteiger partial charge is 0.426 e. The minimum absolute atomic E-state index is 0.00629. The molecule has 7 heteroatoms. The predicted molar refractivity (Wildman–Crippen MR) is 123 cm³/mol. The SMILES string of the molecule is Cc1c(CC2(CCC(C#N)C(=O)[O-])C(C=C(Cl)C(F)(F)F)C2(C)C)cccc1-c1ccccc1. The van der Waals surface area contributed by atoms with Crippen molar-refractivity contribution in [3.05, 3.63) is 70.8 Å². The molecule has 3 atom stereocenters. The summed E-state index contributed by atoms with van der Waals surface area (Å²) < 4.78 is 39.7. The Morgan fingerprint density at radius 3 is 2.41 bits per heavy atom. The maximum atomic E-state index is 13.2. The van der Waals surface area contributed by atoms with Crippen LogP contribution in [-0.2, 0) is 11.2 Å². The summed E-state index contributed by atoms with van der Waals surface area (Å²) >= 11 is 5.61. The number of carboxylic acids is 1. The number of carboxylic acid groups (broad SMARTS) is 1. The van der Waals surface area contributed by atoms with E-state index in [1.54, 1.807) is 6.07 Å². The zero-order valence-electron chi connectivity index (χ0n) is 19.2. The summed E-state index contributed by atoms with van der Waals surface area (Å²) in [5.74, 6) is -3.33. The van der Waals surface area contributed by atoms with Crippen LogP contribution < -0.4 is 5.11 Å². The molecule has 0 aliphatic heterocycles. The second kappa shape index (κ2) is 9.46. The van der Waals surface area contributed by atoms with E-state index in [1.807, 2.05) is 69.3 Å². The molecular formula is C27H26ClF3NO2-. The summed E-state index contributed by atoms with van der Waals surface area (Å²) in [4.78, 5) is 11.3. The van der Waals surface area contributed by atoms with Crippen LogP contribution in [0.5, 0.6) is 0 Å². The average Bonchev–Trinajstić information content (AvgIpc) is 3.22. The van der Waals surface area contributed by atoms with Crippen molar-refractivity contribution >= 4 is 17.6 Å². The minimum atomic E-state index is -4.66. The van der Waals surface area contributed by atoms with Crippen LogP contribution in [0.3, 0.4) is 0 Å². The molecule has 0 radical (unpaired) electrons. The van der Waals surface area contributed by atoms with Gasteiger partial charge in [-0.3, -0.25) is 0 Å². The molecule has 1 aliphatic carbocycles. The third kappa shape index (κ3) is 4.86. The number of carbonyl (C=O) groups excluding carboxylic acids is 1. The Labute approximate surface area is 202 Å². The highest BCUT2D eigenvalue weighted by Gasteiger charge is 2.69. The van der Waals surface area contributed by atoms with Gasteiger partial charge in [-0.15, -0.1) is 0 Å². The van der Waals surface area contributed by atoms with Crippen LogP contribution in [0, 0.1) is 40.9 Å². The van der Waals surface area contributed by atoms with Crippen LogP contribution in [0.15, 0.2) is 59.6 Å². The van der Waals surface area contributed by atoms with Gasteiger partial charge in [-0.2, -0.15) is 18.4 Å². The lowest BCUT2D eigenvalue weighted by Crippen LogP contribution is -2.31. The molecule has 3 rings (SSSR count). The third-order valence-electron chi connectivity index (χ3n) is 7.51. The standard InChI is InChI=1S/C27H27ClF3NO2/c1-17-19(10-7-11-21(17)18-8-5-4-6-9-18)15-26(13-12-20(16-32)24(33)34)22(25(26,2)3)14-23(28)27(29,30)31/h4-11,14,20,22H,12-13,15H2,1-3H3,(H,33,34)/p-1. The summed E-state index contributed by atoms with van der Waals surface area (Å²) in [5.41, 5.74) is 2.76. The molecule has 0 amide bonds. The Morgan fingerprint density at radius 1 is 1.21 bits per heavy atom. The molecular weight excluding hydrogens is 463 g/mol. The first-order valence-corrected chi connectivity index (χ1v) is 11.4. The van der Waals surface area contributed by atoms with E-state index in [9.17, 15) is 28.3 Å². The maximum absolute atomic E-state index is 13.2. The monoisotopic (exact) mass is 488 g/mol. The van der Waals surface area contributed by atoms with Crippen molar-refractivity contribution in [2.45, 2.75) is 46.2 Å². The number of halogens is 4. The predicted octanol–water partition coefficient (Wildman–Crippen LogP) is 6.20. The second-order valence-corrected chi connectivity index (χ2v) is 9.95. The molecule has 0 spiro atoms. The second-order valence-electron chi connectivity index (χ2n) is 9.54. The summed E-state index contributed by atoms with van der Waals surface area (Å²) in [6.45, 7) is 5.71. The first-order chi connectivity index (χ1) is 15.8. The molecule has 0 bridgehead atoms. The topological polar surface area (TPSA) is 63.9 Å². The molecule has 0 heterocycles. The Hall–Kier alpha value is -2.78. The van der Waals surface area contributed by atoms with E-state index >= 15 is 0 Å². The Bertz CT molecular complexity index is 1130. The number of nitrogens with zero attached hydrogens (tertiary/aromatic N) is 1. The van der Waals surface area contributed by atoms with Crippen molar-refractivity contribution in [2.24, 2.45) is 22.7 Å². The van der Waals surface area contributed by atoms with Crippen LogP contribution in [0.25, 0.3) is 11.1 Å². The number of allylic oxidation sites excluding steroid dienone is 2. The highest BCUT2D eigenvalue weighted by atomic mass is 35.5. The van der Waals surface area contributed by atoms with Crippen molar-refractivity contribution < 1.29 is 23.1 Å². The van der Waals surface area contributed by atoms with Gasteiger partial charge in [0.25, 0.3) is 0 Å². The summed E-state index contributed by atoms with van der Waals surface area (Å²) in [7, 11) is 0. The summed E-state index contributed by atoms with van der Waals surface area (Å²) in [5, 5.41) is 19.3. The van der Waals surface area contributed by atoms with Gasteiger partial charge in [-0.05, 0) is 65.2 Å². The van der Waals surface area contributed by atoms with E-state index in [2.05, 4.69) is 0 Å². The van der Waals surface area contributed by atoms with Crippen LogP contribution in [0.1, 0.15) is 37.8 Å². The van der Waals surface area contributed by atoms with E-state index < -0.39 is 39.8 Å². The first-order valence-electron chi connectivity index (χ1n) is 11.0. The van der Waals surface area contributed by atoms with Gasteiger partial charge in [0.15, 0.2) is 0 Å². The molecule has 2 aromatic rings. The van der Waals surface area contributed by atoms with E-state index in [0.29, 0.717) is 6.42 Å². The zero-order chi connectivity index (χ0) is 25.3. The number of nitriles is 1. The van der Waals surface area contributed by atoms with Crippen molar-refractivity contribution in [1.82, 2.24) is 0 Å². The molecule has 0 N–H and O–H groups in total. The van der Waals surface area contributed by atoms with Gasteiger partial charge in [-0.1, -0.05) is 80.1 Å². The van der Waals surface area contributed by atoms with Crippen LogP contribution in [0.4, 0.5) is 13.2 Å². The number of aliphatic carboxylic acids is 1. The fourth-order valence-electron chi connectivity index (χ4n) is 5.28. The van der Waals surface area contributed by atoms with Gasteiger partial charge in [0.05, 0.1) is 18.0 Å².